The van der Waals surface area contributed by atoms with Gasteiger partial charge in [0.1, 0.15) is 11.2 Å². The molecule has 0 fully saturated rings. The van der Waals surface area contributed by atoms with Crippen LogP contribution in [0.5, 0.6) is 0 Å². The Kier molecular flexibility index (Phi) is 5.22. The molecular formula is C22H24F3NO. The topological polar surface area (TPSA) is 16.4 Å². The van der Waals surface area contributed by atoms with Crippen LogP contribution in [0, 0.1) is 0 Å². The molecule has 27 heavy (non-hydrogen) atoms. The molecule has 0 saturated carbocycles. The molecule has 3 aromatic rings. The quantitative estimate of drug-likeness (QED) is 0.484. The first-order valence-electron chi connectivity index (χ1n) is 9.17. The predicted molar refractivity (Wildman–Crippen MR) is 105 cm³/mol. The number of alkyl halides is 3. The molecule has 0 bridgehead atoms. The third-order valence-corrected chi connectivity index (χ3v) is 4.87. The highest BCUT2D eigenvalue weighted by Crippen LogP contribution is 2.39. The van der Waals surface area contributed by atoms with Gasteiger partial charge in [0.2, 0.25) is 0 Å². The van der Waals surface area contributed by atoms with Crippen LogP contribution < -0.4 is 0 Å². The zero-order chi connectivity index (χ0) is 19.8. The molecule has 0 saturated heterocycles. The Bertz CT molecular complexity index is 996. The molecule has 3 rings (SSSR count). The van der Waals surface area contributed by atoms with Gasteiger partial charge in [0.05, 0.1) is 5.56 Å². The molecule has 5 heteroatoms. The number of hydrogen-bond acceptors (Lipinski definition) is 2. The van der Waals surface area contributed by atoms with Crippen LogP contribution >= 0.6 is 0 Å². The first-order valence-corrected chi connectivity index (χ1v) is 9.17. The van der Waals surface area contributed by atoms with Crippen molar-refractivity contribution in [3.8, 4) is 0 Å². The zero-order valence-corrected chi connectivity index (χ0v) is 16.1. The van der Waals surface area contributed by atoms with E-state index in [9.17, 15) is 13.2 Å². The maximum absolute atomic E-state index is 13.1. The van der Waals surface area contributed by atoms with E-state index in [0.717, 1.165) is 53.6 Å². The monoisotopic (exact) mass is 375 g/mol. The molecular weight excluding hydrogens is 351 g/mol. The molecule has 1 heterocycles. The number of rotatable bonds is 5. The summed E-state index contributed by atoms with van der Waals surface area (Å²) in [5.74, 6) is 0. The lowest BCUT2D eigenvalue weighted by Gasteiger charge is -2.20. The smallest absolute Gasteiger partial charge is 0.416 e. The van der Waals surface area contributed by atoms with Gasteiger partial charge >= 0.3 is 6.18 Å². The van der Waals surface area contributed by atoms with E-state index in [1.165, 1.54) is 6.07 Å². The molecule has 2 nitrogen and oxygen atoms in total. The summed E-state index contributed by atoms with van der Waals surface area (Å²) in [6, 6.07) is 7.75. The average molecular weight is 375 g/mol. The number of unbranched alkanes of at least 4 members (excludes halogenated alkanes) is 1. The summed E-state index contributed by atoms with van der Waals surface area (Å²) in [5, 5.41) is 1.55. The number of nitrogens with zero attached hydrogens (tertiary/aromatic N) is 1. The highest BCUT2D eigenvalue weighted by molar-refractivity contribution is 6.08. The standard InChI is InChI=1S/C22H24F3NO/c1-5-7-8-14-9-11-17-16-12-10-15(22(23,24)25)13-19(16)27-21(17)20(14)18(6-2)26(3)4/h6,9-13H,5,7-8H2,1-4H3/b18-6-. The van der Waals surface area contributed by atoms with Crippen molar-refractivity contribution < 1.29 is 17.6 Å². The van der Waals surface area contributed by atoms with Gasteiger partial charge in [-0.3, -0.25) is 0 Å². The maximum atomic E-state index is 13.1. The van der Waals surface area contributed by atoms with Gasteiger partial charge in [-0.05, 0) is 43.5 Å². The Hall–Kier alpha value is -2.43. The fraction of sp³-hybridized carbons (Fsp3) is 0.364. The number of aryl methyl sites for hydroxylation is 1. The summed E-state index contributed by atoms with van der Waals surface area (Å²) >= 11 is 0. The Morgan fingerprint density at radius 3 is 2.41 bits per heavy atom. The first-order chi connectivity index (χ1) is 12.8. The van der Waals surface area contributed by atoms with Crippen molar-refractivity contribution in [2.75, 3.05) is 14.1 Å². The van der Waals surface area contributed by atoms with Crippen LogP contribution in [0.3, 0.4) is 0 Å². The van der Waals surface area contributed by atoms with E-state index < -0.39 is 11.7 Å². The minimum Gasteiger partial charge on any atom is -0.455 e. The first kappa shape index (κ1) is 19.3. The third kappa shape index (κ3) is 3.55. The summed E-state index contributed by atoms with van der Waals surface area (Å²) in [4.78, 5) is 2.01. The summed E-state index contributed by atoms with van der Waals surface area (Å²) in [7, 11) is 3.92. The van der Waals surface area contributed by atoms with Crippen LogP contribution in [0.4, 0.5) is 13.2 Å². The van der Waals surface area contributed by atoms with Crippen LogP contribution in [0.25, 0.3) is 27.6 Å². The maximum Gasteiger partial charge on any atom is 0.416 e. The number of allylic oxidation sites excluding steroid dienone is 1. The van der Waals surface area contributed by atoms with Crippen molar-refractivity contribution >= 4 is 27.6 Å². The molecule has 1 aromatic heterocycles. The van der Waals surface area contributed by atoms with Crippen LogP contribution in [0.15, 0.2) is 40.8 Å². The Morgan fingerprint density at radius 2 is 1.81 bits per heavy atom. The second-order valence-corrected chi connectivity index (χ2v) is 6.96. The van der Waals surface area contributed by atoms with Crippen LogP contribution in [0.1, 0.15) is 43.4 Å². The fourth-order valence-electron chi connectivity index (χ4n) is 3.54. The van der Waals surface area contributed by atoms with E-state index >= 15 is 0 Å². The summed E-state index contributed by atoms with van der Waals surface area (Å²) in [6.07, 6.45) is 0.637. The Labute approximate surface area is 157 Å². The zero-order valence-electron chi connectivity index (χ0n) is 16.1. The van der Waals surface area contributed by atoms with E-state index in [1.807, 2.05) is 38.1 Å². The summed E-state index contributed by atoms with van der Waals surface area (Å²) in [5.41, 5.74) is 3.35. The van der Waals surface area contributed by atoms with Crippen LogP contribution in [0.2, 0.25) is 0 Å². The van der Waals surface area contributed by atoms with Crippen molar-refractivity contribution in [2.24, 2.45) is 0 Å². The largest absolute Gasteiger partial charge is 0.455 e. The van der Waals surface area contributed by atoms with E-state index in [0.29, 0.717) is 11.0 Å². The highest BCUT2D eigenvalue weighted by Gasteiger charge is 2.31. The molecule has 0 N–H and O–H groups in total. The second kappa shape index (κ2) is 7.29. The molecule has 0 unspecified atom stereocenters. The summed E-state index contributed by atoms with van der Waals surface area (Å²) < 4.78 is 45.3. The van der Waals surface area contributed by atoms with Gasteiger partial charge in [0.25, 0.3) is 0 Å². The van der Waals surface area contributed by atoms with Crippen molar-refractivity contribution in [1.29, 1.82) is 0 Å². The van der Waals surface area contributed by atoms with E-state index in [1.54, 1.807) is 0 Å². The van der Waals surface area contributed by atoms with Crippen molar-refractivity contribution in [3.05, 3.63) is 53.1 Å². The molecule has 0 atom stereocenters. The van der Waals surface area contributed by atoms with Gasteiger partial charge in [0, 0.05) is 36.1 Å². The molecule has 0 aliphatic carbocycles. The Balaban J connectivity index is 2.32. The molecule has 0 aliphatic rings. The molecule has 0 radical (unpaired) electrons. The molecule has 144 valence electrons. The van der Waals surface area contributed by atoms with Gasteiger partial charge < -0.3 is 9.32 Å². The third-order valence-electron chi connectivity index (χ3n) is 4.87. The molecule has 0 aliphatic heterocycles. The molecule has 2 aromatic carbocycles. The van der Waals surface area contributed by atoms with Crippen molar-refractivity contribution in [1.82, 2.24) is 4.90 Å². The second-order valence-electron chi connectivity index (χ2n) is 6.96. The molecule has 0 amide bonds. The minimum absolute atomic E-state index is 0.267. The van der Waals surface area contributed by atoms with Crippen LogP contribution in [-0.4, -0.2) is 19.0 Å². The van der Waals surface area contributed by atoms with Crippen molar-refractivity contribution in [2.45, 2.75) is 39.3 Å². The fourth-order valence-corrected chi connectivity index (χ4v) is 3.54. The number of fused-ring (bicyclic) bond motifs is 3. The van der Waals surface area contributed by atoms with Gasteiger partial charge in [-0.1, -0.05) is 31.6 Å². The van der Waals surface area contributed by atoms with E-state index in [2.05, 4.69) is 13.0 Å². The van der Waals surface area contributed by atoms with E-state index in [-0.39, 0.29) is 5.58 Å². The van der Waals surface area contributed by atoms with E-state index in [4.69, 9.17) is 4.42 Å². The SMILES string of the molecule is C/C=C(/c1c(CCCC)ccc2c1oc1cc(C(F)(F)F)ccc12)N(C)C. The molecule has 0 spiro atoms. The number of hydrogen-bond donors (Lipinski definition) is 0. The normalized spacial score (nSPS) is 12.9. The lowest BCUT2D eigenvalue weighted by molar-refractivity contribution is -0.137. The lowest BCUT2D eigenvalue weighted by Crippen LogP contribution is -2.11. The number of furan rings is 1. The predicted octanol–water partition coefficient (Wildman–Crippen LogP) is 6.87. The van der Waals surface area contributed by atoms with Gasteiger partial charge in [0.15, 0.2) is 0 Å². The van der Waals surface area contributed by atoms with Crippen LogP contribution in [-0.2, 0) is 12.6 Å². The number of halogens is 3. The minimum atomic E-state index is -4.39. The van der Waals surface area contributed by atoms with Gasteiger partial charge in [-0.25, -0.2) is 0 Å². The average Bonchev–Trinajstić information content (AvgIpc) is 2.98. The highest BCUT2D eigenvalue weighted by atomic mass is 19.4. The summed E-state index contributed by atoms with van der Waals surface area (Å²) in [6.45, 7) is 4.10. The van der Waals surface area contributed by atoms with Gasteiger partial charge in [-0.15, -0.1) is 0 Å². The van der Waals surface area contributed by atoms with Crippen molar-refractivity contribution in [3.63, 3.8) is 0 Å². The lowest BCUT2D eigenvalue weighted by atomic mass is 9.96. The van der Waals surface area contributed by atoms with Gasteiger partial charge in [-0.2, -0.15) is 13.2 Å². The number of benzene rings is 2. The Morgan fingerprint density at radius 1 is 1.11 bits per heavy atom.